The zero-order valence-electron chi connectivity index (χ0n) is 19.0. The standard InChI is InChI=1S/C27H29N5/c1-4-5-6-7-8-21-11-14-24(30-18-21)27-31-25(22-12-9-19(2)16-28-22)15-26(32-27)23-13-10-20(3)17-29-23/h9-18H,4-8H2,1-3H3. The molecular formula is C27H29N5. The van der Waals surface area contributed by atoms with Gasteiger partial charge in [0, 0.05) is 18.6 Å². The molecular weight excluding hydrogens is 394 g/mol. The summed E-state index contributed by atoms with van der Waals surface area (Å²) in [6.07, 6.45) is 11.7. The Labute approximate surface area is 190 Å². The van der Waals surface area contributed by atoms with Crippen molar-refractivity contribution < 1.29 is 0 Å². The van der Waals surface area contributed by atoms with Crippen LogP contribution in [0.3, 0.4) is 0 Å². The van der Waals surface area contributed by atoms with Gasteiger partial charge in [-0.3, -0.25) is 15.0 Å². The van der Waals surface area contributed by atoms with E-state index in [0.717, 1.165) is 46.0 Å². The van der Waals surface area contributed by atoms with Gasteiger partial charge in [0.15, 0.2) is 5.82 Å². The number of nitrogens with zero attached hydrogens (tertiary/aromatic N) is 5. The van der Waals surface area contributed by atoms with Gasteiger partial charge in [0.25, 0.3) is 0 Å². The zero-order valence-corrected chi connectivity index (χ0v) is 19.0. The van der Waals surface area contributed by atoms with Crippen LogP contribution in [0.4, 0.5) is 0 Å². The maximum Gasteiger partial charge on any atom is 0.179 e. The number of rotatable bonds is 8. The highest BCUT2D eigenvalue weighted by atomic mass is 14.9. The zero-order chi connectivity index (χ0) is 22.3. The van der Waals surface area contributed by atoms with Crippen LogP contribution in [0.15, 0.2) is 61.1 Å². The quantitative estimate of drug-likeness (QED) is 0.307. The molecule has 0 aromatic carbocycles. The number of hydrogen-bond donors (Lipinski definition) is 0. The molecule has 162 valence electrons. The van der Waals surface area contributed by atoms with Crippen molar-refractivity contribution in [3.8, 4) is 34.3 Å². The largest absolute Gasteiger partial charge is 0.254 e. The smallest absolute Gasteiger partial charge is 0.179 e. The minimum absolute atomic E-state index is 0.583. The number of aryl methyl sites for hydroxylation is 3. The SMILES string of the molecule is CCCCCCc1ccc(-c2nc(-c3ccc(C)cn3)cc(-c3ccc(C)cn3)n2)nc1. The Kier molecular flexibility index (Phi) is 6.95. The lowest BCUT2D eigenvalue weighted by molar-refractivity contribution is 0.666. The van der Waals surface area contributed by atoms with E-state index in [1.54, 1.807) is 0 Å². The first kappa shape index (κ1) is 21.8. The molecule has 0 aliphatic rings. The van der Waals surface area contributed by atoms with Gasteiger partial charge in [-0.05, 0) is 67.6 Å². The van der Waals surface area contributed by atoms with E-state index in [-0.39, 0.29) is 0 Å². The highest BCUT2D eigenvalue weighted by Gasteiger charge is 2.13. The summed E-state index contributed by atoms with van der Waals surface area (Å²) in [5.74, 6) is 0.583. The first-order chi connectivity index (χ1) is 15.6. The molecule has 5 nitrogen and oxygen atoms in total. The highest BCUT2D eigenvalue weighted by Crippen LogP contribution is 2.25. The van der Waals surface area contributed by atoms with Crippen molar-refractivity contribution in [3.05, 3.63) is 77.7 Å². The molecule has 0 N–H and O–H groups in total. The molecule has 0 bridgehead atoms. The maximum absolute atomic E-state index is 4.80. The van der Waals surface area contributed by atoms with Gasteiger partial charge in [-0.15, -0.1) is 0 Å². The number of hydrogen-bond acceptors (Lipinski definition) is 5. The van der Waals surface area contributed by atoms with Gasteiger partial charge < -0.3 is 0 Å². The summed E-state index contributed by atoms with van der Waals surface area (Å²) in [6.45, 7) is 6.28. The fourth-order valence-corrected chi connectivity index (χ4v) is 3.52. The van der Waals surface area contributed by atoms with Crippen molar-refractivity contribution in [1.82, 2.24) is 24.9 Å². The van der Waals surface area contributed by atoms with Gasteiger partial charge >= 0.3 is 0 Å². The molecule has 0 amide bonds. The lowest BCUT2D eigenvalue weighted by atomic mass is 10.1. The van der Waals surface area contributed by atoms with E-state index in [4.69, 9.17) is 9.97 Å². The second-order valence-electron chi connectivity index (χ2n) is 8.27. The van der Waals surface area contributed by atoms with Crippen molar-refractivity contribution in [2.24, 2.45) is 0 Å². The van der Waals surface area contributed by atoms with Gasteiger partial charge in [0.05, 0.1) is 22.8 Å². The van der Waals surface area contributed by atoms with Crippen molar-refractivity contribution in [3.63, 3.8) is 0 Å². The van der Waals surface area contributed by atoms with E-state index >= 15 is 0 Å². The highest BCUT2D eigenvalue weighted by molar-refractivity contribution is 5.67. The number of pyridine rings is 3. The molecule has 4 rings (SSSR count). The lowest BCUT2D eigenvalue weighted by Crippen LogP contribution is -1.99. The molecule has 0 fully saturated rings. The van der Waals surface area contributed by atoms with Crippen LogP contribution in [0.2, 0.25) is 0 Å². The summed E-state index contributed by atoms with van der Waals surface area (Å²) in [6, 6.07) is 14.2. The Morgan fingerprint density at radius 2 is 1.19 bits per heavy atom. The third-order valence-corrected chi connectivity index (χ3v) is 5.45. The Hall–Kier alpha value is -3.47. The van der Waals surface area contributed by atoms with Crippen LogP contribution >= 0.6 is 0 Å². The molecule has 0 saturated heterocycles. The predicted octanol–water partition coefficient (Wildman–Crippen LogP) is 6.40. The van der Waals surface area contributed by atoms with E-state index in [2.05, 4.69) is 27.9 Å². The van der Waals surface area contributed by atoms with Crippen molar-refractivity contribution >= 4 is 0 Å². The normalized spacial score (nSPS) is 11.0. The van der Waals surface area contributed by atoms with E-state index in [0.29, 0.717) is 5.82 Å². The molecule has 0 unspecified atom stereocenters. The summed E-state index contributed by atoms with van der Waals surface area (Å²) in [7, 11) is 0. The van der Waals surface area contributed by atoms with E-state index in [1.165, 1.54) is 31.2 Å². The van der Waals surface area contributed by atoms with E-state index in [9.17, 15) is 0 Å². The molecule has 32 heavy (non-hydrogen) atoms. The van der Waals surface area contributed by atoms with Crippen molar-refractivity contribution in [1.29, 1.82) is 0 Å². The lowest BCUT2D eigenvalue weighted by Gasteiger charge is -2.09. The van der Waals surface area contributed by atoms with Gasteiger partial charge in [0.2, 0.25) is 0 Å². The van der Waals surface area contributed by atoms with Crippen molar-refractivity contribution in [2.75, 3.05) is 0 Å². The topological polar surface area (TPSA) is 64.5 Å². The van der Waals surface area contributed by atoms with Gasteiger partial charge in [-0.25, -0.2) is 9.97 Å². The molecule has 0 aliphatic heterocycles. The van der Waals surface area contributed by atoms with Gasteiger partial charge in [-0.1, -0.05) is 44.4 Å². The van der Waals surface area contributed by atoms with Crippen LogP contribution in [0.5, 0.6) is 0 Å². The fourth-order valence-electron chi connectivity index (χ4n) is 3.52. The van der Waals surface area contributed by atoms with Crippen LogP contribution in [0, 0.1) is 13.8 Å². The van der Waals surface area contributed by atoms with Crippen LogP contribution in [-0.2, 0) is 6.42 Å². The van der Waals surface area contributed by atoms with Gasteiger partial charge in [-0.2, -0.15) is 0 Å². The molecule has 0 saturated carbocycles. The summed E-state index contributed by atoms with van der Waals surface area (Å²) in [5.41, 5.74) is 7.36. The molecule has 4 aromatic rings. The molecule has 0 radical (unpaired) electrons. The van der Waals surface area contributed by atoms with E-state index < -0.39 is 0 Å². The second-order valence-corrected chi connectivity index (χ2v) is 8.27. The summed E-state index contributed by atoms with van der Waals surface area (Å²) in [4.78, 5) is 23.4. The minimum Gasteiger partial charge on any atom is -0.254 e. The second kappa shape index (κ2) is 10.2. The van der Waals surface area contributed by atoms with Gasteiger partial charge in [0.1, 0.15) is 5.69 Å². The number of unbranched alkanes of at least 4 members (excludes halogenated alkanes) is 3. The Morgan fingerprint density at radius 1 is 0.594 bits per heavy atom. The molecule has 5 heteroatoms. The Balaban J connectivity index is 1.69. The minimum atomic E-state index is 0.583. The maximum atomic E-state index is 4.80. The first-order valence-corrected chi connectivity index (χ1v) is 11.3. The van der Waals surface area contributed by atoms with Crippen molar-refractivity contribution in [2.45, 2.75) is 52.9 Å². The van der Waals surface area contributed by atoms with Crippen LogP contribution < -0.4 is 0 Å². The van der Waals surface area contributed by atoms with Crippen LogP contribution in [0.25, 0.3) is 34.3 Å². The molecule has 4 heterocycles. The molecule has 4 aromatic heterocycles. The molecule has 0 aliphatic carbocycles. The molecule has 0 atom stereocenters. The Morgan fingerprint density at radius 3 is 1.69 bits per heavy atom. The third kappa shape index (κ3) is 5.41. The van der Waals surface area contributed by atoms with Crippen LogP contribution in [-0.4, -0.2) is 24.9 Å². The Bertz CT molecular complexity index is 1090. The average molecular weight is 424 g/mol. The summed E-state index contributed by atoms with van der Waals surface area (Å²) >= 11 is 0. The molecule has 0 spiro atoms. The van der Waals surface area contributed by atoms with Crippen LogP contribution in [0.1, 0.15) is 49.3 Å². The first-order valence-electron chi connectivity index (χ1n) is 11.3. The average Bonchev–Trinajstić information content (AvgIpc) is 2.83. The third-order valence-electron chi connectivity index (χ3n) is 5.45. The predicted molar refractivity (Wildman–Crippen MR) is 129 cm³/mol. The summed E-state index contributed by atoms with van der Waals surface area (Å²) in [5, 5.41) is 0. The number of aromatic nitrogens is 5. The monoisotopic (exact) mass is 423 g/mol. The fraction of sp³-hybridized carbons (Fsp3) is 0.296. The summed E-state index contributed by atoms with van der Waals surface area (Å²) < 4.78 is 0. The van der Waals surface area contributed by atoms with E-state index in [1.807, 2.05) is 68.8 Å².